The summed E-state index contributed by atoms with van der Waals surface area (Å²) in [4.78, 5) is 2.35. The Balaban J connectivity index is 1.83. The second-order valence-corrected chi connectivity index (χ2v) is 5.36. The predicted molar refractivity (Wildman–Crippen MR) is 73.5 cm³/mol. The number of aryl methyl sites for hydroxylation is 1. The van der Waals surface area contributed by atoms with Crippen LogP contribution in [-0.4, -0.2) is 37.0 Å². The number of hydrogen-bond donors (Lipinski definition) is 1. The van der Waals surface area contributed by atoms with Gasteiger partial charge in [-0.05, 0) is 31.9 Å². The average molecular weight is 268 g/mol. The molecule has 19 heavy (non-hydrogen) atoms. The Morgan fingerprint density at radius 1 is 1.42 bits per heavy atom. The standard InChI is InChI=1S/C15H22F2N2/c1-12-4-2-5-13(8-12)10-19-7-3-6-14(11-19)18-9-15(16)17/h2,4-5,8,14-15,18H,3,6-7,9-11H2,1H3. The molecule has 1 aliphatic heterocycles. The van der Waals surface area contributed by atoms with E-state index in [0.717, 1.165) is 32.5 Å². The van der Waals surface area contributed by atoms with Gasteiger partial charge in [0.15, 0.2) is 0 Å². The molecule has 0 bridgehead atoms. The minimum atomic E-state index is -2.26. The van der Waals surface area contributed by atoms with Crippen LogP contribution in [-0.2, 0) is 6.54 Å². The smallest absolute Gasteiger partial charge is 0.250 e. The summed E-state index contributed by atoms with van der Waals surface area (Å²) in [5.41, 5.74) is 2.57. The molecule has 1 fully saturated rings. The summed E-state index contributed by atoms with van der Waals surface area (Å²) in [6.07, 6.45) is -0.184. The van der Waals surface area contributed by atoms with Crippen LogP contribution in [0.3, 0.4) is 0 Å². The van der Waals surface area contributed by atoms with Crippen LogP contribution in [0.15, 0.2) is 24.3 Å². The molecule has 0 radical (unpaired) electrons. The van der Waals surface area contributed by atoms with Crippen LogP contribution in [0.25, 0.3) is 0 Å². The first-order valence-corrected chi connectivity index (χ1v) is 6.93. The van der Waals surface area contributed by atoms with Crippen molar-refractivity contribution >= 4 is 0 Å². The molecule has 0 aromatic heterocycles. The fourth-order valence-corrected chi connectivity index (χ4v) is 2.69. The summed E-state index contributed by atoms with van der Waals surface area (Å²) in [5, 5.41) is 2.96. The zero-order valence-electron chi connectivity index (χ0n) is 11.4. The van der Waals surface area contributed by atoms with Gasteiger partial charge in [0.2, 0.25) is 0 Å². The Bertz CT molecular complexity index is 395. The van der Waals surface area contributed by atoms with Gasteiger partial charge in [0.1, 0.15) is 0 Å². The van der Waals surface area contributed by atoms with Gasteiger partial charge in [-0.1, -0.05) is 29.8 Å². The van der Waals surface area contributed by atoms with Crippen LogP contribution in [0.1, 0.15) is 24.0 Å². The van der Waals surface area contributed by atoms with E-state index in [-0.39, 0.29) is 12.6 Å². The maximum absolute atomic E-state index is 12.2. The molecule has 4 heteroatoms. The molecule has 2 nitrogen and oxygen atoms in total. The highest BCUT2D eigenvalue weighted by Crippen LogP contribution is 2.14. The van der Waals surface area contributed by atoms with Crippen molar-refractivity contribution in [3.8, 4) is 0 Å². The molecule has 1 aliphatic rings. The van der Waals surface area contributed by atoms with Gasteiger partial charge in [-0.15, -0.1) is 0 Å². The maximum Gasteiger partial charge on any atom is 0.250 e. The Kier molecular flexibility index (Phi) is 5.28. The third kappa shape index (κ3) is 4.88. The van der Waals surface area contributed by atoms with E-state index >= 15 is 0 Å². The molecule has 0 spiro atoms. The number of likely N-dealkylation sites (tertiary alicyclic amines) is 1. The van der Waals surface area contributed by atoms with Crippen molar-refractivity contribution in [1.82, 2.24) is 10.2 Å². The molecule has 0 aliphatic carbocycles. The molecule has 1 atom stereocenters. The summed E-state index contributed by atoms with van der Waals surface area (Å²) in [6, 6.07) is 8.68. The van der Waals surface area contributed by atoms with Crippen molar-refractivity contribution in [2.75, 3.05) is 19.6 Å². The number of piperidine rings is 1. The van der Waals surface area contributed by atoms with Crippen molar-refractivity contribution < 1.29 is 8.78 Å². The quantitative estimate of drug-likeness (QED) is 0.883. The van der Waals surface area contributed by atoms with Gasteiger partial charge in [-0.3, -0.25) is 4.90 Å². The zero-order valence-corrected chi connectivity index (χ0v) is 11.4. The molecular formula is C15H22F2N2. The summed E-state index contributed by atoms with van der Waals surface area (Å²) >= 11 is 0. The van der Waals surface area contributed by atoms with Crippen molar-refractivity contribution in [3.63, 3.8) is 0 Å². The summed E-state index contributed by atoms with van der Waals surface area (Å²) < 4.78 is 24.4. The third-order valence-electron chi connectivity index (χ3n) is 3.56. The Morgan fingerprint density at radius 3 is 3.00 bits per heavy atom. The molecule has 1 heterocycles. The maximum atomic E-state index is 12.2. The van der Waals surface area contributed by atoms with Crippen LogP contribution in [0.5, 0.6) is 0 Å². The second-order valence-electron chi connectivity index (χ2n) is 5.36. The van der Waals surface area contributed by atoms with E-state index in [1.807, 2.05) is 0 Å². The predicted octanol–water partition coefficient (Wildman–Crippen LogP) is 2.81. The third-order valence-corrected chi connectivity index (χ3v) is 3.56. The molecule has 2 rings (SSSR count). The molecule has 0 saturated carbocycles. The largest absolute Gasteiger partial charge is 0.307 e. The molecule has 1 aromatic carbocycles. The van der Waals surface area contributed by atoms with E-state index in [2.05, 4.69) is 41.4 Å². The van der Waals surface area contributed by atoms with E-state index in [0.29, 0.717) is 0 Å². The molecule has 0 amide bonds. The average Bonchev–Trinajstić information content (AvgIpc) is 2.37. The van der Waals surface area contributed by atoms with Crippen molar-refractivity contribution in [3.05, 3.63) is 35.4 Å². The zero-order chi connectivity index (χ0) is 13.7. The Morgan fingerprint density at radius 2 is 2.26 bits per heavy atom. The van der Waals surface area contributed by atoms with Gasteiger partial charge in [0.25, 0.3) is 6.43 Å². The summed E-state index contributed by atoms with van der Waals surface area (Å²) in [7, 11) is 0. The first-order chi connectivity index (χ1) is 9.13. The first kappa shape index (κ1) is 14.4. The van der Waals surface area contributed by atoms with Gasteiger partial charge >= 0.3 is 0 Å². The van der Waals surface area contributed by atoms with Gasteiger partial charge < -0.3 is 5.32 Å². The lowest BCUT2D eigenvalue weighted by Crippen LogP contribution is -2.46. The van der Waals surface area contributed by atoms with E-state index in [1.165, 1.54) is 11.1 Å². The van der Waals surface area contributed by atoms with E-state index < -0.39 is 6.43 Å². The van der Waals surface area contributed by atoms with Crippen LogP contribution in [0, 0.1) is 6.92 Å². The first-order valence-electron chi connectivity index (χ1n) is 6.93. The minimum absolute atomic E-state index is 0.192. The number of hydrogen-bond acceptors (Lipinski definition) is 2. The lowest BCUT2D eigenvalue weighted by molar-refractivity contribution is 0.124. The highest BCUT2D eigenvalue weighted by Gasteiger charge is 2.20. The molecule has 106 valence electrons. The second kappa shape index (κ2) is 6.96. The van der Waals surface area contributed by atoms with Crippen molar-refractivity contribution in [2.45, 2.75) is 38.8 Å². The molecule has 1 saturated heterocycles. The van der Waals surface area contributed by atoms with Gasteiger partial charge in [-0.2, -0.15) is 0 Å². The lowest BCUT2D eigenvalue weighted by Gasteiger charge is -2.33. The van der Waals surface area contributed by atoms with Crippen LogP contribution >= 0.6 is 0 Å². The number of alkyl halides is 2. The number of rotatable bonds is 5. The molecule has 1 unspecified atom stereocenters. The summed E-state index contributed by atoms with van der Waals surface area (Å²) in [6.45, 7) is 4.73. The fourth-order valence-electron chi connectivity index (χ4n) is 2.69. The topological polar surface area (TPSA) is 15.3 Å². The minimum Gasteiger partial charge on any atom is -0.307 e. The Hall–Kier alpha value is -1.00. The van der Waals surface area contributed by atoms with E-state index in [4.69, 9.17) is 0 Å². The van der Waals surface area contributed by atoms with Gasteiger partial charge in [0.05, 0.1) is 6.54 Å². The Labute approximate surface area is 113 Å². The normalized spacial score (nSPS) is 20.9. The van der Waals surface area contributed by atoms with Gasteiger partial charge in [-0.25, -0.2) is 8.78 Å². The van der Waals surface area contributed by atoms with Crippen LogP contribution in [0.4, 0.5) is 8.78 Å². The lowest BCUT2D eigenvalue weighted by atomic mass is 10.0. The molecule has 1 aromatic rings. The van der Waals surface area contributed by atoms with Crippen molar-refractivity contribution in [1.29, 1.82) is 0 Å². The highest BCUT2D eigenvalue weighted by molar-refractivity contribution is 5.22. The van der Waals surface area contributed by atoms with Gasteiger partial charge in [0, 0.05) is 19.1 Å². The monoisotopic (exact) mass is 268 g/mol. The van der Waals surface area contributed by atoms with E-state index in [1.54, 1.807) is 0 Å². The van der Waals surface area contributed by atoms with Crippen molar-refractivity contribution in [2.24, 2.45) is 0 Å². The van der Waals surface area contributed by atoms with E-state index in [9.17, 15) is 8.78 Å². The van der Waals surface area contributed by atoms with Crippen LogP contribution in [0.2, 0.25) is 0 Å². The van der Waals surface area contributed by atoms with Crippen LogP contribution < -0.4 is 5.32 Å². The number of nitrogens with zero attached hydrogens (tertiary/aromatic N) is 1. The summed E-state index contributed by atoms with van der Waals surface area (Å²) in [5.74, 6) is 0. The number of halogens is 2. The molecule has 1 N–H and O–H groups in total. The molecular weight excluding hydrogens is 246 g/mol. The number of nitrogens with one attached hydrogen (secondary N) is 1. The fraction of sp³-hybridized carbons (Fsp3) is 0.600. The number of benzene rings is 1. The SMILES string of the molecule is Cc1cccc(CN2CCCC(NCC(F)F)C2)c1. The highest BCUT2D eigenvalue weighted by atomic mass is 19.3.